The SMILES string of the molecule is COc1ccc2nc(NC(=O)COC(=O)Cc3c(F)cccc3Cl)sc2c1. The molecule has 0 aliphatic carbocycles. The molecule has 9 heteroatoms. The predicted octanol–water partition coefficient (Wildman–Crippen LogP) is 3.82. The average molecular weight is 409 g/mol. The molecule has 2 aromatic carbocycles. The number of esters is 1. The van der Waals surface area contributed by atoms with Gasteiger partial charge in [-0.2, -0.15) is 0 Å². The number of carbonyl (C=O) groups excluding carboxylic acids is 2. The molecule has 0 atom stereocenters. The Morgan fingerprint density at radius 1 is 1.30 bits per heavy atom. The van der Waals surface area contributed by atoms with Gasteiger partial charge < -0.3 is 9.47 Å². The lowest BCUT2D eigenvalue weighted by Crippen LogP contribution is -2.21. The average Bonchev–Trinajstić information content (AvgIpc) is 3.04. The molecular weight excluding hydrogens is 395 g/mol. The van der Waals surface area contributed by atoms with Crippen molar-refractivity contribution in [1.82, 2.24) is 4.98 Å². The molecule has 0 bridgehead atoms. The van der Waals surface area contributed by atoms with E-state index in [1.54, 1.807) is 25.3 Å². The third-order valence-corrected chi connectivity index (χ3v) is 4.88. The van der Waals surface area contributed by atoms with E-state index in [4.69, 9.17) is 21.1 Å². The van der Waals surface area contributed by atoms with Gasteiger partial charge in [0.25, 0.3) is 5.91 Å². The zero-order chi connectivity index (χ0) is 19.4. The van der Waals surface area contributed by atoms with Crippen LogP contribution in [0.4, 0.5) is 9.52 Å². The second-order valence-corrected chi connectivity index (χ2v) is 6.88. The van der Waals surface area contributed by atoms with Crippen molar-refractivity contribution in [3.05, 3.63) is 52.8 Å². The molecule has 0 saturated heterocycles. The number of aromatic nitrogens is 1. The number of rotatable bonds is 6. The summed E-state index contributed by atoms with van der Waals surface area (Å²) >= 11 is 7.13. The van der Waals surface area contributed by atoms with Crippen LogP contribution in [0, 0.1) is 5.82 Å². The minimum absolute atomic E-state index is 0.0321. The molecule has 0 aliphatic rings. The number of nitrogens with zero attached hydrogens (tertiary/aromatic N) is 1. The molecule has 0 spiro atoms. The first-order chi connectivity index (χ1) is 13.0. The quantitative estimate of drug-likeness (QED) is 0.627. The van der Waals surface area contributed by atoms with E-state index in [2.05, 4.69) is 10.3 Å². The van der Waals surface area contributed by atoms with Gasteiger partial charge in [-0.3, -0.25) is 14.9 Å². The van der Waals surface area contributed by atoms with Gasteiger partial charge in [0, 0.05) is 10.6 Å². The first kappa shape index (κ1) is 19.1. The molecule has 1 N–H and O–H groups in total. The van der Waals surface area contributed by atoms with Crippen LogP contribution in [0.2, 0.25) is 5.02 Å². The summed E-state index contributed by atoms with van der Waals surface area (Å²) in [6, 6.07) is 9.46. The first-order valence-corrected chi connectivity index (χ1v) is 8.98. The van der Waals surface area contributed by atoms with Crippen molar-refractivity contribution in [2.45, 2.75) is 6.42 Å². The number of methoxy groups -OCH3 is 1. The van der Waals surface area contributed by atoms with Crippen molar-refractivity contribution < 1.29 is 23.5 Å². The van der Waals surface area contributed by atoms with E-state index in [9.17, 15) is 14.0 Å². The van der Waals surface area contributed by atoms with Gasteiger partial charge in [-0.1, -0.05) is 29.0 Å². The number of anilines is 1. The molecule has 1 aromatic heterocycles. The second kappa shape index (κ2) is 8.32. The van der Waals surface area contributed by atoms with Crippen molar-refractivity contribution in [1.29, 1.82) is 0 Å². The van der Waals surface area contributed by atoms with Gasteiger partial charge in [-0.15, -0.1) is 0 Å². The van der Waals surface area contributed by atoms with E-state index in [0.29, 0.717) is 16.4 Å². The lowest BCUT2D eigenvalue weighted by Gasteiger charge is -2.07. The summed E-state index contributed by atoms with van der Waals surface area (Å²) in [5.41, 5.74) is 0.743. The molecule has 1 heterocycles. The van der Waals surface area contributed by atoms with Crippen molar-refractivity contribution in [2.24, 2.45) is 0 Å². The fourth-order valence-corrected chi connectivity index (χ4v) is 3.42. The van der Waals surface area contributed by atoms with Crippen LogP contribution < -0.4 is 10.1 Å². The van der Waals surface area contributed by atoms with Crippen LogP contribution in [0.3, 0.4) is 0 Å². The maximum absolute atomic E-state index is 13.7. The Balaban J connectivity index is 1.55. The maximum Gasteiger partial charge on any atom is 0.310 e. The van der Waals surface area contributed by atoms with Crippen LogP contribution in [-0.4, -0.2) is 30.6 Å². The summed E-state index contributed by atoms with van der Waals surface area (Å²) in [6.07, 6.45) is -0.361. The molecule has 0 fully saturated rings. The molecule has 0 unspecified atom stereocenters. The van der Waals surface area contributed by atoms with Gasteiger partial charge in [0.2, 0.25) is 0 Å². The number of amides is 1. The van der Waals surface area contributed by atoms with E-state index in [1.807, 2.05) is 0 Å². The Kier molecular flexibility index (Phi) is 5.88. The van der Waals surface area contributed by atoms with Crippen LogP contribution in [0.5, 0.6) is 5.75 Å². The zero-order valence-corrected chi connectivity index (χ0v) is 15.7. The minimum Gasteiger partial charge on any atom is -0.497 e. The number of hydrogen-bond donors (Lipinski definition) is 1. The Labute approximate surface area is 162 Å². The topological polar surface area (TPSA) is 77.5 Å². The summed E-state index contributed by atoms with van der Waals surface area (Å²) in [7, 11) is 1.56. The number of hydrogen-bond acceptors (Lipinski definition) is 6. The molecule has 140 valence electrons. The largest absolute Gasteiger partial charge is 0.497 e. The highest BCUT2D eigenvalue weighted by atomic mass is 35.5. The summed E-state index contributed by atoms with van der Waals surface area (Å²) in [5, 5.41) is 3.06. The molecule has 0 radical (unpaired) electrons. The number of benzene rings is 2. The standard InChI is InChI=1S/C18H14ClFN2O4S/c1-25-10-5-6-14-15(7-10)27-18(21-14)22-16(23)9-26-17(24)8-11-12(19)3-2-4-13(11)20/h2-7H,8-9H2,1H3,(H,21,22,23). The van der Waals surface area contributed by atoms with E-state index in [-0.39, 0.29) is 17.0 Å². The summed E-state index contributed by atoms with van der Waals surface area (Å²) in [4.78, 5) is 28.1. The molecule has 0 aliphatic heterocycles. The number of halogens is 2. The van der Waals surface area contributed by atoms with E-state index in [1.165, 1.54) is 29.5 Å². The number of carbonyl (C=O) groups is 2. The van der Waals surface area contributed by atoms with Crippen LogP contribution in [-0.2, 0) is 20.7 Å². The number of ether oxygens (including phenoxy) is 2. The van der Waals surface area contributed by atoms with Crippen LogP contribution in [0.15, 0.2) is 36.4 Å². The highest BCUT2D eigenvalue weighted by Crippen LogP contribution is 2.29. The van der Waals surface area contributed by atoms with Gasteiger partial charge in [0.15, 0.2) is 11.7 Å². The lowest BCUT2D eigenvalue weighted by molar-refractivity contribution is -0.146. The predicted molar refractivity (Wildman–Crippen MR) is 101 cm³/mol. The first-order valence-electron chi connectivity index (χ1n) is 7.79. The van der Waals surface area contributed by atoms with E-state index >= 15 is 0 Å². The normalized spacial score (nSPS) is 10.6. The summed E-state index contributed by atoms with van der Waals surface area (Å²) in [6.45, 7) is -0.510. The number of fused-ring (bicyclic) bond motifs is 1. The van der Waals surface area contributed by atoms with Crippen molar-refractivity contribution in [3.63, 3.8) is 0 Å². The molecule has 3 aromatic rings. The van der Waals surface area contributed by atoms with Gasteiger partial charge in [-0.25, -0.2) is 9.37 Å². The van der Waals surface area contributed by atoms with Gasteiger partial charge in [-0.05, 0) is 30.3 Å². The van der Waals surface area contributed by atoms with E-state index < -0.39 is 24.3 Å². The van der Waals surface area contributed by atoms with Crippen molar-refractivity contribution >= 4 is 50.2 Å². The Morgan fingerprint density at radius 3 is 2.85 bits per heavy atom. The highest BCUT2D eigenvalue weighted by Gasteiger charge is 2.15. The monoisotopic (exact) mass is 408 g/mol. The highest BCUT2D eigenvalue weighted by molar-refractivity contribution is 7.22. The van der Waals surface area contributed by atoms with Crippen LogP contribution in [0.1, 0.15) is 5.56 Å². The Bertz CT molecular complexity index is 988. The van der Waals surface area contributed by atoms with E-state index in [0.717, 1.165) is 4.70 Å². The third kappa shape index (κ3) is 4.72. The molecular formula is C18H14ClFN2O4S. The Morgan fingerprint density at radius 2 is 2.11 bits per heavy atom. The molecule has 3 rings (SSSR count). The number of thiazole rings is 1. The van der Waals surface area contributed by atoms with Crippen molar-refractivity contribution in [2.75, 3.05) is 19.0 Å². The third-order valence-electron chi connectivity index (χ3n) is 3.59. The lowest BCUT2D eigenvalue weighted by atomic mass is 10.1. The fraction of sp³-hybridized carbons (Fsp3) is 0.167. The number of nitrogens with one attached hydrogen (secondary N) is 1. The second-order valence-electron chi connectivity index (χ2n) is 5.44. The zero-order valence-electron chi connectivity index (χ0n) is 14.1. The smallest absolute Gasteiger partial charge is 0.310 e. The fourth-order valence-electron chi connectivity index (χ4n) is 2.28. The Hall–Kier alpha value is -2.71. The minimum atomic E-state index is -0.758. The van der Waals surface area contributed by atoms with Crippen LogP contribution in [0.25, 0.3) is 10.2 Å². The molecule has 0 saturated carbocycles. The van der Waals surface area contributed by atoms with Crippen molar-refractivity contribution in [3.8, 4) is 5.75 Å². The summed E-state index contributed by atoms with van der Waals surface area (Å²) in [5.74, 6) is -1.22. The van der Waals surface area contributed by atoms with Crippen LogP contribution >= 0.6 is 22.9 Å². The van der Waals surface area contributed by atoms with Gasteiger partial charge in [0.1, 0.15) is 11.6 Å². The molecule has 1 amide bonds. The van der Waals surface area contributed by atoms with Gasteiger partial charge in [0.05, 0.1) is 23.7 Å². The molecule has 6 nitrogen and oxygen atoms in total. The summed E-state index contributed by atoms with van der Waals surface area (Å²) < 4.78 is 24.5. The molecule has 27 heavy (non-hydrogen) atoms. The maximum atomic E-state index is 13.7. The van der Waals surface area contributed by atoms with Gasteiger partial charge >= 0.3 is 5.97 Å².